The molecule has 0 amide bonds. The van der Waals surface area contributed by atoms with Crippen LogP contribution in [-0.4, -0.2) is 23.1 Å². The Hall–Kier alpha value is -1.32. The molecule has 0 unspecified atom stereocenters. The molecule has 0 saturated heterocycles. The lowest BCUT2D eigenvalue weighted by atomic mass is 9.83. The predicted octanol–water partition coefficient (Wildman–Crippen LogP) is 2.87. The minimum atomic E-state index is 0.679. The number of ether oxygens (including phenoxy) is 1. The van der Waals surface area contributed by atoms with Gasteiger partial charge in [-0.15, -0.1) is 0 Å². The molecular weight excluding hydrogens is 214 g/mol. The summed E-state index contributed by atoms with van der Waals surface area (Å²) in [6, 6.07) is 1.87. The molecule has 94 valence electrons. The highest BCUT2D eigenvalue weighted by molar-refractivity contribution is 5.36. The number of rotatable bonds is 7. The second-order valence-electron chi connectivity index (χ2n) is 4.60. The van der Waals surface area contributed by atoms with Crippen molar-refractivity contribution in [1.82, 2.24) is 9.97 Å². The van der Waals surface area contributed by atoms with Crippen LogP contribution < -0.4 is 10.1 Å². The van der Waals surface area contributed by atoms with Crippen molar-refractivity contribution < 1.29 is 4.74 Å². The van der Waals surface area contributed by atoms with E-state index in [1.807, 2.05) is 6.07 Å². The molecular formula is C13H21N3O. The zero-order valence-electron chi connectivity index (χ0n) is 10.5. The molecule has 0 spiro atoms. The van der Waals surface area contributed by atoms with Gasteiger partial charge in [-0.05, 0) is 18.8 Å². The quantitative estimate of drug-likeness (QED) is 0.789. The lowest BCUT2D eigenvalue weighted by Crippen LogP contribution is -2.14. The minimum Gasteiger partial charge on any atom is -0.478 e. The summed E-state index contributed by atoms with van der Waals surface area (Å²) in [4.78, 5) is 8.26. The van der Waals surface area contributed by atoms with Crippen LogP contribution in [0.1, 0.15) is 39.0 Å². The van der Waals surface area contributed by atoms with E-state index in [1.54, 1.807) is 6.33 Å². The maximum atomic E-state index is 5.64. The van der Waals surface area contributed by atoms with Gasteiger partial charge in [0.15, 0.2) is 0 Å². The first-order valence-corrected chi connectivity index (χ1v) is 6.57. The van der Waals surface area contributed by atoms with Gasteiger partial charge in [-0.2, -0.15) is 0 Å². The summed E-state index contributed by atoms with van der Waals surface area (Å²) in [5, 5.41) is 3.23. The van der Waals surface area contributed by atoms with Gasteiger partial charge in [0.1, 0.15) is 12.1 Å². The second kappa shape index (κ2) is 6.42. The van der Waals surface area contributed by atoms with Gasteiger partial charge in [-0.3, -0.25) is 0 Å². The molecule has 1 aliphatic carbocycles. The van der Waals surface area contributed by atoms with E-state index >= 15 is 0 Å². The van der Waals surface area contributed by atoms with Gasteiger partial charge in [0.25, 0.3) is 0 Å². The highest BCUT2D eigenvalue weighted by atomic mass is 16.5. The van der Waals surface area contributed by atoms with Crippen LogP contribution in [0, 0.1) is 5.92 Å². The first kappa shape index (κ1) is 12.1. The third-order valence-electron chi connectivity index (χ3n) is 3.20. The summed E-state index contributed by atoms with van der Waals surface area (Å²) in [7, 11) is 0. The summed E-state index contributed by atoms with van der Waals surface area (Å²) < 4.78 is 5.64. The fraction of sp³-hybridized carbons (Fsp3) is 0.692. The van der Waals surface area contributed by atoms with E-state index in [-0.39, 0.29) is 0 Å². The predicted molar refractivity (Wildman–Crippen MR) is 68.3 cm³/mol. The van der Waals surface area contributed by atoms with Crippen LogP contribution in [0.25, 0.3) is 0 Å². The third-order valence-corrected chi connectivity index (χ3v) is 3.20. The fourth-order valence-corrected chi connectivity index (χ4v) is 1.88. The van der Waals surface area contributed by atoms with Crippen LogP contribution in [0.3, 0.4) is 0 Å². The molecule has 0 bridgehead atoms. The van der Waals surface area contributed by atoms with Crippen molar-refractivity contribution >= 4 is 5.82 Å². The van der Waals surface area contributed by atoms with E-state index in [2.05, 4.69) is 22.2 Å². The summed E-state index contributed by atoms with van der Waals surface area (Å²) in [6.07, 6.45) is 7.93. The molecule has 1 heterocycles. The van der Waals surface area contributed by atoms with Gasteiger partial charge in [0, 0.05) is 12.6 Å². The standard InChI is InChI=1S/C13H21N3O/c1-2-7-14-12-9-13(16-10-15-12)17-8-6-11-4-3-5-11/h9-11H,2-8H2,1H3,(H,14,15,16). The molecule has 0 aliphatic heterocycles. The van der Waals surface area contributed by atoms with Crippen LogP contribution in [0.2, 0.25) is 0 Å². The van der Waals surface area contributed by atoms with Gasteiger partial charge in [0.2, 0.25) is 5.88 Å². The molecule has 2 rings (SSSR count). The summed E-state index contributed by atoms with van der Waals surface area (Å²) in [5.74, 6) is 2.41. The van der Waals surface area contributed by atoms with E-state index in [0.29, 0.717) is 5.88 Å². The fourth-order valence-electron chi connectivity index (χ4n) is 1.88. The molecule has 17 heavy (non-hydrogen) atoms. The molecule has 1 aliphatic rings. The highest BCUT2D eigenvalue weighted by Crippen LogP contribution is 2.29. The Morgan fingerprint density at radius 2 is 2.29 bits per heavy atom. The molecule has 4 nitrogen and oxygen atoms in total. The monoisotopic (exact) mass is 235 g/mol. The molecule has 0 atom stereocenters. The van der Waals surface area contributed by atoms with Gasteiger partial charge in [-0.25, -0.2) is 9.97 Å². The van der Waals surface area contributed by atoms with E-state index in [1.165, 1.54) is 19.3 Å². The summed E-state index contributed by atoms with van der Waals surface area (Å²) >= 11 is 0. The second-order valence-corrected chi connectivity index (χ2v) is 4.60. The molecule has 4 heteroatoms. The van der Waals surface area contributed by atoms with Crippen LogP contribution >= 0.6 is 0 Å². The van der Waals surface area contributed by atoms with E-state index < -0.39 is 0 Å². The first-order valence-electron chi connectivity index (χ1n) is 6.57. The molecule has 1 saturated carbocycles. The lowest BCUT2D eigenvalue weighted by Gasteiger charge is -2.24. The Kier molecular flexibility index (Phi) is 4.59. The van der Waals surface area contributed by atoms with Crippen molar-refractivity contribution in [1.29, 1.82) is 0 Å². The molecule has 0 aromatic carbocycles. The van der Waals surface area contributed by atoms with E-state index in [0.717, 1.165) is 37.7 Å². The van der Waals surface area contributed by atoms with E-state index in [9.17, 15) is 0 Å². The van der Waals surface area contributed by atoms with Crippen LogP contribution in [0.5, 0.6) is 5.88 Å². The van der Waals surface area contributed by atoms with Crippen molar-refractivity contribution in [3.8, 4) is 5.88 Å². The van der Waals surface area contributed by atoms with Gasteiger partial charge in [-0.1, -0.05) is 26.2 Å². The minimum absolute atomic E-state index is 0.679. The Balaban J connectivity index is 1.74. The van der Waals surface area contributed by atoms with Crippen LogP contribution in [0.4, 0.5) is 5.82 Å². The van der Waals surface area contributed by atoms with Crippen LogP contribution in [0.15, 0.2) is 12.4 Å². The Labute approximate surface area is 103 Å². The number of hydrogen-bond acceptors (Lipinski definition) is 4. The molecule has 0 radical (unpaired) electrons. The Bertz CT molecular complexity index is 339. The van der Waals surface area contributed by atoms with Gasteiger partial charge < -0.3 is 10.1 Å². The van der Waals surface area contributed by atoms with Crippen molar-refractivity contribution in [2.45, 2.75) is 39.0 Å². The average Bonchev–Trinajstić information content (AvgIpc) is 2.30. The van der Waals surface area contributed by atoms with Crippen molar-refractivity contribution in [3.05, 3.63) is 12.4 Å². The highest BCUT2D eigenvalue weighted by Gasteiger charge is 2.16. The van der Waals surface area contributed by atoms with Gasteiger partial charge in [0.05, 0.1) is 6.61 Å². The normalized spacial score (nSPS) is 15.4. The topological polar surface area (TPSA) is 47.0 Å². The summed E-state index contributed by atoms with van der Waals surface area (Å²) in [5.41, 5.74) is 0. The maximum Gasteiger partial charge on any atom is 0.218 e. The number of hydrogen-bond donors (Lipinski definition) is 1. The van der Waals surface area contributed by atoms with Crippen LogP contribution in [-0.2, 0) is 0 Å². The lowest BCUT2D eigenvalue weighted by molar-refractivity contribution is 0.217. The van der Waals surface area contributed by atoms with E-state index in [4.69, 9.17) is 4.74 Å². The molecule has 1 aromatic heterocycles. The Morgan fingerprint density at radius 1 is 1.41 bits per heavy atom. The average molecular weight is 235 g/mol. The number of nitrogens with one attached hydrogen (secondary N) is 1. The number of nitrogens with zero attached hydrogens (tertiary/aromatic N) is 2. The zero-order valence-corrected chi connectivity index (χ0v) is 10.5. The number of aromatic nitrogens is 2. The van der Waals surface area contributed by atoms with Gasteiger partial charge >= 0.3 is 0 Å². The largest absolute Gasteiger partial charge is 0.478 e. The SMILES string of the molecule is CCCNc1cc(OCCC2CCC2)ncn1. The zero-order chi connectivity index (χ0) is 11.9. The molecule has 1 N–H and O–H groups in total. The van der Waals surface area contributed by atoms with Crippen molar-refractivity contribution in [2.75, 3.05) is 18.5 Å². The molecule has 1 fully saturated rings. The Morgan fingerprint density at radius 3 is 3.00 bits per heavy atom. The third kappa shape index (κ3) is 3.88. The first-order chi connectivity index (χ1) is 8.38. The maximum absolute atomic E-state index is 5.64. The van der Waals surface area contributed by atoms with Crippen molar-refractivity contribution in [3.63, 3.8) is 0 Å². The molecule has 1 aromatic rings. The number of anilines is 1. The van der Waals surface area contributed by atoms with Crippen molar-refractivity contribution in [2.24, 2.45) is 5.92 Å². The smallest absolute Gasteiger partial charge is 0.218 e. The summed E-state index contributed by atoms with van der Waals surface area (Å²) in [6.45, 7) is 3.83.